The Balaban J connectivity index is 0.00000150. The summed E-state index contributed by atoms with van der Waals surface area (Å²) in [5.41, 5.74) is 4.21. The molecule has 5 nitrogen and oxygen atoms in total. The highest BCUT2D eigenvalue weighted by Gasteiger charge is 2.16. The van der Waals surface area contributed by atoms with Crippen LogP contribution < -0.4 is 10.7 Å². The van der Waals surface area contributed by atoms with Crippen LogP contribution in [0, 0.1) is 6.92 Å². The van der Waals surface area contributed by atoms with Crippen molar-refractivity contribution in [3.63, 3.8) is 0 Å². The Morgan fingerprint density at radius 1 is 0.862 bits per heavy atom. The minimum Gasteiger partial charge on any atom is -0.408 e. The van der Waals surface area contributed by atoms with Gasteiger partial charge in [0.15, 0.2) is 5.58 Å². The van der Waals surface area contributed by atoms with E-state index < -0.39 is 0 Å². The molecule has 1 fully saturated rings. The zero-order valence-electron chi connectivity index (χ0n) is 16.8. The number of benzene rings is 2. The minimum absolute atomic E-state index is 0. The molecule has 0 saturated carbocycles. The van der Waals surface area contributed by atoms with Gasteiger partial charge in [-0.1, -0.05) is 29.8 Å². The highest BCUT2D eigenvalue weighted by Crippen LogP contribution is 2.17. The van der Waals surface area contributed by atoms with Crippen LogP contribution in [0.3, 0.4) is 0 Å². The maximum absolute atomic E-state index is 12.0. The molecular weight excluding hydrogens is 409 g/mol. The van der Waals surface area contributed by atoms with Gasteiger partial charge in [-0.2, -0.15) is 0 Å². The second kappa shape index (κ2) is 10.7. The fraction of sp³-hybridized carbons (Fsp3) is 0.409. The number of rotatable bonds is 6. The van der Waals surface area contributed by atoms with Crippen molar-refractivity contribution in [1.29, 1.82) is 0 Å². The number of unbranched alkanes of at least 4 members (excludes halogenated alkanes) is 1. The Labute approximate surface area is 184 Å². The number of fused-ring (bicyclic) bond motifs is 1. The Morgan fingerprint density at radius 3 is 2.24 bits per heavy atom. The molecule has 3 aromatic rings. The number of oxazole rings is 1. The van der Waals surface area contributed by atoms with E-state index in [0.717, 1.165) is 57.6 Å². The average Bonchev–Trinajstić information content (AvgIpc) is 3.02. The van der Waals surface area contributed by atoms with E-state index in [1.54, 1.807) is 4.57 Å². The minimum atomic E-state index is -0.247. The molecule has 29 heavy (non-hydrogen) atoms. The van der Waals surface area contributed by atoms with Gasteiger partial charge in [-0.15, -0.1) is 24.8 Å². The van der Waals surface area contributed by atoms with E-state index in [1.807, 2.05) is 24.3 Å². The largest absolute Gasteiger partial charge is 0.419 e. The van der Waals surface area contributed by atoms with Gasteiger partial charge in [-0.25, -0.2) is 4.79 Å². The van der Waals surface area contributed by atoms with E-state index in [4.69, 9.17) is 4.42 Å². The molecule has 0 spiro atoms. The fourth-order valence-corrected chi connectivity index (χ4v) is 3.82. The predicted molar refractivity (Wildman–Crippen MR) is 124 cm³/mol. The number of halogens is 2. The standard InChI is InChI=1S/C22H27N3O2.2ClH/c1-18-8-10-19(11-9-18)24-16-14-23(15-17-24)12-4-5-13-25-20-6-2-3-7-21(20)27-22(25)26;;/h2-3,6-11H,4-5,12-17H2,1H3;2*1H. The van der Waals surface area contributed by atoms with Crippen molar-refractivity contribution in [2.75, 3.05) is 37.6 Å². The summed E-state index contributed by atoms with van der Waals surface area (Å²) in [6, 6.07) is 16.4. The Hall–Kier alpha value is -1.95. The molecule has 1 saturated heterocycles. The molecule has 1 aromatic heterocycles. The van der Waals surface area contributed by atoms with Crippen LogP contribution in [0.2, 0.25) is 0 Å². The highest BCUT2D eigenvalue weighted by molar-refractivity contribution is 5.85. The van der Waals surface area contributed by atoms with Crippen molar-refractivity contribution >= 4 is 41.6 Å². The summed E-state index contributed by atoms with van der Waals surface area (Å²) in [5, 5.41) is 0. The van der Waals surface area contributed by atoms with E-state index in [1.165, 1.54) is 11.3 Å². The molecule has 0 unspecified atom stereocenters. The highest BCUT2D eigenvalue weighted by atomic mass is 35.5. The number of hydrogen-bond donors (Lipinski definition) is 0. The van der Waals surface area contributed by atoms with Crippen molar-refractivity contribution in [2.24, 2.45) is 0 Å². The molecule has 1 aliphatic heterocycles. The number of piperazine rings is 1. The van der Waals surface area contributed by atoms with Crippen molar-refractivity contribution in [2.45, 2.75) is 26.3 Å². The van der Waals surface area contributed by atoms with Gasteiger partial charge >= 0.3 is 5.76 Å². The van der Waals surface area contributed by atoms with Crippen LogP contribution in [0.25, 0.3) is 11.1 Å². The third-order valence-corrected chi connectivity index (χ3v) is 5.45. The average molecular weight is 438 g/mol. The number of nitrogens with zero attached hydrogens (tertiary/aromatic N) is 3. The third kappa shape index (κ3) is 5.56. The lowest BCUT2D eigenvalue weighted by Crippen LogP contribution is -2.46. The summed E-state index contributed by atoms with van der Waals surface area (Å²) in [6.45, 7) is 8.29. The monoisotopic (exact) mass is 437 g/mol. The molecule has 1 aliphatic rings. The Morgan fingerprint density at radius 2 is 1.52 bits per heavy atom. The van der Waals surface area contributed by atoms with E-state index >= 15 is 0 Å². The molecule has 0 N–H and O–H groups in total. The summed E-state index contributed by atoms with van der Waals surface area (Å²) >= 11 is 0. The van der Waals surface area contributed by atoms with Gasteiger partial charge in [-0.3, -0.25) is 9.47 Å². The molecule has 2 heterocycles. The SMILES string of the molecule is Cc1ccc(N2CCN(CCCCn3c(=O)oc4ccccc43)CC2)cc1.Cl.Cl. The predicted octanol–water partition coefficient (Wildman–Crippen LogP) is 4.35. The second-order valence-electron chi connectivity index (χ2n) is 7.36. The van der Waals surface area contributed by atoms with Crippen molar-refractivity contribution in [3.05, 3.63) is 64.6 Å². The molecular formula is C22H29Cl2N3O2. The third-order valence-electron chi connectivity index (χ3n) is 5.45. The fourth-order valence-electron chi connectivity index (χ4n) is 3.82. The van der Waals surface area contributed by atoms with Crippen LogP contribution in [0.4, 0.5) is 5.69 Å². The van der Waals surface area contributed by atoms with Crippen molar-refractivity contribution < 1.29 is 4.42 Å². The lowest BCUT2D eigenvalue weighted by molar-refractivity contribution is 0.251. The molecule has 2 aromatic carbocycles. The van der Waals surface area contributed by atoms with Gasteiger partial charge in [0.05, 0.1) is 5.52 Å². The van der Waals surface area contributed by atoms with E-state index in [-0.39, 0.29) is 30.6 Å². The normalized spacial score (nSPS) is 14.4. The van der Waals surface area contributed by atoms with E-state index in [2.05, 4.69) is 41.0 Å². The molecule has 0 bridgehead atoms. The van der Waals surface area contributed by atoms with E-state index in [9.17, 15) is 4.79 Å². The van der Waals surface area contributed by atoms with Gasteiger partial charge in [0.1, 0.15) is 0 Å². The smallest absolute Gasteiger partial charge is 0.408 e. The maximum atomic E-state index is 12.0. The van der Waals surface area contributed by atoms with Gasteiger partial charge in [0.2, 0.25) is 0 Å². The Bertz CT molecular complexity index is 945. The topological polar surface area (TPSA) is 41.6 Å². The van der Waals surface area contributed by atoms with Crippen LogP contribution in [0.1, 0.15) is 18.4 Å². The molecule has 158 valence electrons. The van der Waals surface area contributed by atoms with Crippen LogP contribution >= 0.6 is 24.8 Å². The zero-order chi connectivity index (χ0) is 18.6. The first-order valence-corrected chi connectivity index (χ1v) is 9.83. The number of anilines is 1. The van der Waals surface area contributed by atoms with Gasteiger partial charge in [0.25, 0.3) is 0 Å². The number of aromatic nitrogens is 1. The lowest BCUT2D eigenvalue weighted by Gasteiger charge is -2.36. The molecule has 7 heteroatoms. The molecule has 0 aliphatic carbocycles. The first kappa shape index (κ1) is 23.3. The van der Waals surface area contributed by atoms with Crippen LogP contribution in [0.5, 0.6) is 0 Å². The Kier molecular flexibility index (Phi) is 8.62. The quantitative estimate of drug-likeness (QED) is 0.537. The summed E-state index contributed by atoms with van der Waals surface area (Å²) in [7, 11) is 0. The summed E-state index contributed by atoms with van der Waals surface area (Å²) < 4.78 is 7.05. The van der Waals surface area contributed by atoms with Crippen LogP contribution in [-0.4, -0.2) is 42.2 Å². The molecule has 0 radical (unpaired) electrons. The summed E-state index contributed by atoms with van der Waals surface area (Å²) in [6.07, 6.45) is 2.08. The molecule has 0 amide bonds. The first-order chi connectivity index (χ1) is 13.2. The maximum Gasteiger partial charge on any atom is 0.419 e. The number of para-hydroxylation sites is 2. The lowest BCUT2D eigenvalue weighted by atomic mass is 10.2. The van der Waals surface area contributed by atoms with Gasteiger partial charge < -0.3 is 9.32 Å². The van der Waals surface area contributed by atoms with Gasteiger partial charge in [-0.05, 0) is 50.6 Å². The summed E-state index contributed by atoms with van der Waals surface area (Å²) in [4.78, 5) is 17.0. The van der Waals surface area contributed by atoms with Crippen LogP contribution in [-0.2, 0) is 6.54 Å². The van der Waals surface area contributed by atoms with E-state index in [0.29, 0.717) is 5.58 Å². The molecule has 0 atom stereocenters. The second-order valence-corrected chi connectivity index (χ2v) is 7.36. The van der Waals surface area contributed by atoms with Crippen molar-refractivity contribution in [3.8, 4) is 0 Å². The van der Waals surface area contributed by atoms with Gasteiger partial charge in [0, 0.05) is 38.4 Å². The van der Waals surface area contributed by atoms with Crippen LogP contribution in [0.15, 0.2) is 57.7 Å². The van der Waals surface area contributed by atoms with Crippen molar-refractivity contribution in [1.82, 2.24) is 9.47 Å². The zero-order valence-corrected chi connectivity index (χ0v) is 18.4. The molecule has 4 rings (SSSR count). The summed E-state index contributed by atoms with van der Waals surface area (Å²) in [5.74, 6) is -0.247. The number of hydrogen-bond acceptors (Lipinski definition) is 4. The number of aryl methyl sites for hydroxylation is 2. The first-order valence-electron chi connectivity index (χ1n) is 9.83.